The van der Waals surface area contributed by atoms with Crippen LogP contribution >= 0.6 is 35.3 Å². The van der Waals surface area contributed by atoms with E-state index in [-0.39, 0.29) is 23.3 Å². The molecule has 158 valence electrons. The number of aromatic nitrogens is 3. The molecule has 4 rings (SSSR count). The molecule has 3 aromatic rings. The molecule has 1 aliphatic rings. The van der Waals surface area contributed by atoms with Gasteiger partial charge < -0.3 is 9.88 Å². The number of thioether (sulfide) groups is 1. The van der Waals surface area contributed by atoms with Gasteiger partial charge in [-0.2, -0.15) is 0 Å². The molecule has 1 amide bonds. The molecule has 9 heteroatoms. The molecule has 6 nitrogen and oxygen atoms in total. The number of benzene rings is 1. The number of nitrogens with zero attached hydrogens (tertiary/aromatic N) is 3. The monoisotopic (exact) mass is 460 g/mol. The zero-order chi connectivity index (χ0) is 21.1. The number of rotatable bonds is 6. The van der Waals surface area contributed by atoms with Gasteiger partial charge in [-0.25, -0.2) is 4.98 Å². The molecular formula is C21H24N4O2S3. The number of hydrogen-bond donors (Lipinski definition) is 1. The van der Waals surface area contributed by atoms with Crippen LogP contribution in [0, 0.1) is 3.95 Å². The molecular weight excluding hydrogens is 436 g/mol. The lowest BCUT2D eigenvalue weighted by Gasteiger charge is -2.22. The fourth-order valence-electron chi connectivity index (χ4n) is 3.80. The van der Waals surface area contributed by atoms with Crippen LogP contribution < -0.4 is 10.9 Å². The number of thiazole rings is 1. The van der Waals surface area contributed by atoms with Gasteiger partial charge in [0.1, 0.15) is 4.70 Å². The smallest absolute Gasteiger partial charge is 0.278 e. The Morgan fingerprint density at radius 3 is 2.70 bits per heavy atom. The molecule has 2 aromatic heterocycles. The summed E-state index contributed by atoms with van der Waals surface area (Å²) in [4.78, 5) is 30.7. The van der Waals surface area contributed by atoms with Crippen molar-refractivity contribution in [3.8, 4) is 5.69 Å². The third-order valence-electron chi connectivity index (χ3n) is 5.29. The number of carbonyl (C=O) groups excluding carboxylic acids is 1. The SMILES string of the molecule is CCn1c(=S)sc2c(=O)n(-c3ccccc3)c(SCC(=O)NC3CCCCC3)nc21. The third-order valence-corrected chi connectivity index (χ3v) is 7.66. The Morgan fingerprint density at radius 2 is 2.00 bits per heavy atom. The Morgan fingerprint density at radius 1 is 1.27 bits per heavy atom. The molecule has 1 aromatic carbocycles. The molecule has 0 bridgehead atoms. The highest BCUT2D eigenvalue weighted by Crippen LogP contribution is 2.25. The summed E-state index contributed by atoms with van der Waals surface area (Å²) in [5.41, 5.74) is 1.18. The van der Waals surface area contributed by atoms with Gasteiger partial charge in [-0.05, 0) is 44.1 Å². The van der Waals surface area contributed by atoms with Crippen molar-refractivity contribution in [1.82, 2.24) is 19.4 Å². The van der Waals surface area contributed by atoms with Crippen molar-refractivity contribution < 1.29 is 4.79 Å². The van der Waals surface area contributed by atoms with Gasteiger partial charge in [-0.3, -0.25) is 14.2 Å². The van der Waals surface area contributed by atoms with E-state index in [0.29, 0.717) is 26.0 Å². The summed E-state index contributed by atoms with van der Waals surface area (Å²) in [7, 11) is 0. The lowest BCUT2D eigenvalue weighted by atomic mass is 9.95. The summed E-state index contributed by atoms with van der Waals surface area (Å²) in [5.74, 6) is 0.205. The van der Waals surface area contributed by atoms with Crippen LogP contribution in [0.25, 0.3) is 16.0 Å². The van der Waals surface area contributed by atoms with Crippen LogP contribution in [0.5, 0.6) is 0 Å². The summed E-state index contributed by atoms with van der Waals surface area (Å²) in [6.45, 7) is 2.63. The van der Waals surface area contributed by atoms with Crippen LogP contribution in [0.15, 0.2) is 40.3 Å². The van der Waals surface area contributed by atoms with E-state index in [1.807, 2.05) is 41.8 Å². The van der Waals surface area contributed by atoms with Crippen LogP contribution in [0.1, 0.15) is 39.0 Å². The third kappa shape index (κ3) is 4.38. The van der Waals surface area contributed by atoms with E-state index < -0.39 is 0 Å². The first-order chi connectivity index (χ1) is 14.6. The summed E-state index contributed by atoms with van der Waals surface area (Å²) < 4.78 is 4.64. The summed E-state index contributed by atoms with van der Waals surface area (Å²) in [6.07, 6.45) is 5.67. The van der Waals surface area contributed by atoms with E-state index >= 15 is 0 Å². The molecule has 2 heterocycles. The van der Waals surface area contributed by atoms with Gasteiger partial charge in [0.2, 0.25) is 5.91 Å². The number of amides is 1. The summed E-state index contributed by atoms with van der Waals surface area (Å²) in [5, 5.41) is 3.64. The Balaban J connectivity index is 1.69. The van der Waals surface area contributed by atoms with E-state index in [9.17, 15) is 9.59 Å². The zero-order valence-corrected chi connectivity index (χ0v) is 19.2. The molecule has 0 unspecified atom stereocenters. The van der Waals surface area contributed by atoms with Gasteiger partial charge in [0.15, 0.2) is 14.8 Å². The first-order valence-corrected chi connectivity index (χ1v) is 12.4. The molecule has 0 saturated heterocycles. The van der Waals surface area contributed by atoms with Crippen molar-refractivity contribution in [2.75, 3.05) is 5.75 Å². The second kappa shape index (κ2) is 9.45. The number of carbonyl (C=O) groups is 1. The van der Waals surface area contributed by atoms with E-state index in [2.05, 4.69) is 5.32 Å². The molecule has 0 radical (unpaired) electrons. The molecule has 30 heavy (non-hydrogen) atoms. The lowest BCUT2D eigenvalue weighted by Crippen LogP contribution is -2.37. The normalized spacial score (nSPS) is 14.8. The molecule has 1 fully saturated rings. The standard InChI is InChI=1S/C21H24N4O2S3/c1-2-24-18-17(30-21(24)28)19(27)25(15-11-7-4-8-12-15)20(23-18)29-13-16(26)22-14-9-5-3-6-10-14/h4,7-8,11-12,14H,2-3,5-6,9-10,13H2,1H3,(H,22,26). The van der Waals surface area contributed by atoms with Crippen molar-refractivity contribution in [3.63, 3.8) is 0 Å². The van der Waals surface area contributed by atoms with Crippen molar-refractivity contribution >= 4 is 51.6 Å². The van der Waals surface area contributed by atoms with Crippen molar-refractivity contribution in [2.24, 2.45) is 0 Å². The predicted octanol–water partition coefficient (Wildman–Crippen LogP) is 4.54. The van der Waals surface area contributed by atoms with Gasteiger partial charge in [-0.15, -0.1) is 0 Å². The Labute approximate surface area is 188 Å². The number of nitrogens with one attached hydrogen (secondary N) is 1. The van der Waals surface area contributed by atoms with Crippen LogP contribution in [-0.2, 0) is 11.3 Å². The molecule has 0 atom stereocenters. The lowest BCUT2D eigenvalue weighted by molar-refractivity contribution is -0.119. The second-order valence-corrected chi connectivity index (χ2v) is 9.91. The predicted molar refractivity (Wildman–Crippen MR) is 125 cm³/mol. The highest BCUT2D eigenvalue weighted by atomic mass is 32.2. The van der Waals surface area contributed by atoms with Gasteiger partial charge in [0.25, 0.3) is 5.56 Å². The minimum atomic E-state index is -0.148. The van der Waals surface area contributed by atoms with Gasteiger partial charge in [-0.1, -0.05) is 60.6 Å². The number of aryl methyl sites for hydroxylation is 1. The number of para-hydroxylation sites is 1. The van der Waals surface area contributed by atoms with Crippen molar-refractivity contribution in [1.29, 1.82) is 0 Å². The number of hydrogen-bond acceptors (Lipinski definition) is 6. The highest BCUT2D eigenvalue weighted by Gasteiger charge is 2.20. The van der Waals surface area contributed by atoms with E-state index in [1.54, 1.807) is 4.57 Å². The Kier molecular flexibility index (Phi) is 6.70. The van der Waals surface area contributed by atoms with E-state index in [1.165, 1.54) is 42.4 Å². The maximum atomic E-state index is 13.4. The number of fused-ring (bicyclic) bond motifs is 1. The largest absolute Gasteiger partial charge is 0.353 e. The van der Waals surface area contributed by atoms with Crippen LogP contribution in [-0.4, -0.2) is 31.8 Å². The minimum Gasteiger partial charge on any atom is -0.353 e. The maximum Gasteiger partial charge on any atom is 0.278 e. The van der Waals surface area contributed by atoms with Gasteiger partial charge in [0, 0.05) is 12.6 Å². The molecule has 1 saturated carbocycles. The Bertz CT molecular complexity index is 1160. The van der Waals surface area contributed by atoms with Crippen molar-refractivity contribution in [2.45, 2.75) is 56.8 Å². The highest BCUT2D eigenvalue weighted by molar-refractivity contribution is 7.99. The summed E-state index contributed by atoms with van der Waals surface area (Å²) in [6, 6.07) is 9.68. The average Bonchev–Trinajstić information content (AvgIpc) is 3.09. The first-order valence-electron chi connectivity index (χ1n) is 10.2. The zero-order valence-electron chi connectivity index (χ0n) is 16.8. The molecule has 1 aliphatic carbocycles. The maximum absolute atomic E-state index is 13.4. The topological polar surface area (TPSA) is 68.9 Å². The fourth-order valence-corrected chi connectivity index (χ4v) is 6.01. The van der Waals surface area contributed by atoms with Gasteiger partial charge in [0.05, 0.1) is 11.4 Å². The quantitative estimate of drug-likeness (QED) is 0.332. The fraction of sp³-hybridized carbons (Fsp3) is 0.429. The summed E-state index contributed by atoms with van der Waals surface area (Å²) >= 11 is 8.02. The van der Waals surface area contributed by atoms with Gasteiger partial charge >= 0.3 is 0 Å². The van der Waals surface area contributed by atoms with Crippen molar-refractivity contribution in [3.05, 3.63) is 44.6 Å². The second-order valence-electron chi connectivity index (χ2n) is 7.33. The van der Waals surface area contributed by atoms with E-state index in [0.717, 1.165) is 18.5 Å². The van der Waals surface area contributed by atoms with Crippen LogP contribution in [0.3, 0.4) is 0 Å². The Hall–Kier alpha value is -1.97. The first kappa shape index (κ1) is 21.3. The van der Waals surface area contributed by atoms with Crippen LogP contribution in [0.2, 0.25) is 0 Å². The van der Waals surface area contributed by atoms with E-state index in [4.69, 9.17) is 17.2 Å². The molecule has 0 aliphatic heterocycles. The minimum absolute atomic E-state index is 0.0153. The average molecular weight is 461 g/mol. The molecule has 1 N–H and O–H groups in total. The molecule has 0 spiro atoms. The van der Waals surface area contributed by atoms with Crippen LogP contribution in [0.4, 0.5) is 0 Å².